The first kappa shape index (κ1) is 15.8. The number of nitrogens with one attached hydrogen (secondary N) is 1. The molecule has 1 saturated heterocycles. The number of sulfone groups is 1. The minimum Gasteiger partial charge on any atom is -0.381 e. The van der Waals surface area contributed by atoms with Gasteiger partial charge in [0.2, 0.25) is 0 Å². The maximum atomic E-state index is 11.5. The van der Waals surface area contributed by atoms with Gasteiger partial charge < -0.3 is 10.2 Å². The van der Waals surface area contributed by atoms with E-state index in [0.29, 0.717) is 10.9 Å². The Morgan fingerprint density at radius 3 is 2.45 bits per heavy atom. The maximum Gasteiger partial charge on any atom is 0.175 e. The van der Waals surface area contributed by atoms with Crippen molar-refractivity contribution in [2.75, 3.05) is 31.2 Å². The summed E-state index contributed by atoms with van der Waals surface area (Å²) in [5.41, 5.74) is 1.01. The van der Waals surface area contributed by atoms with Crippen LogP contribution < -0.4 is 5.32 Å². The van der Waals surface area contributed by atoms with E-state index in [0.717, 1.165) is 18.2 Å². The van der Waals surface area contributed by atoms with Crippen LogP contribution in [0.3, 0.4) is 0 Å². The molecule has 3 rings (SSSR count). The molecule has 1 N–H and O–H groups in total. The molecule has 1 aromatic carbocycles. The van der Waals surface area contributed by atoms with Crippen LogP contribution in [0, 0.1) is 5.92 Å². The molecular formula is C17H26N2O2S. The SMILES string of the molecule is CS(=O)(=O)c1ccc(N[C@H]2CCN(CC3CCCC3)C2)cc1. The number of likely N-dealkylation sites (tertiary alicyclic amines) is 1. The Bertz CT molecular complexity index is 592. The number of anilines is 1. The van der Waals surface area contributed by atoms with Crippen molar-refractivity contribution < 1.29 is 8.42 Å². The molecule has 4 nitrogen and oxygen atoms in total. The number of rotatable bonds is 5. The van der Waals surface area contributed by atoms with Crippen molar-refractivity contribution in [3.05, 3.63) is 24.3 Å². The average molecular weight is 322 g/mol. The van der Waals surface area contributed by atoms with Gasteiger partial charge in [0, 0.05) is 37.6 Å². The third-order valence-electron chi connectivity index (χ3n) is 4.92. The molecule has 1 aliphatic carbocycles. The first-order valence-electron chi connectivity index (χ1n) is 8.30. The normalized spacial score (nSPS) is 24.0. The van der Waals surface area contributed by atoms with E-state index < -0.39 is 9.84 Å². The van der Waals surface area contributed by atoms with Gasteiger partial charge in [-0.05, 0) is 49.4 Å². The van der Waals surface area contributed by atoms with Crippen LogP contribution in [-0.2, 0) is 9.84 Å². The molecule has 0 aromatic heterocycles. The summed E-state index contributed by atoms with van der Waals surface area (Å²) < 4.78 is 22.9. The zero-order chi connectivity index (χ0) is 15.6. The molecule has 1 aromatic rings. The predicted molar refractivity (Wildman–Crippen MR) is 90.0 cm³/mol. The van der Waals surface area contributed by atoms with Gasteiger partial charge >= 0.3 is 0 Å². The number of nitrogens with zero attached hydrogens (tertiary/aromatic N) is 1. The highest BCUT2D eigenvalue weighted by molar-refractivity contribution is 7.90. The summed E-state index contributed by atoms with van der Waals surface area (Å²) in [7, 11) is -3.11. The third kappa shape index (κ3) is 4.02. The molecule has 0 spiro atoms. The van der Waals surface area contributed by atoms with Crippen molar-refractivity contribution in [3.63, 3.8) is 0 Å². The zero-order valence-corrected chi connectivity index (χ0v) is 14.1. The molecule has 0 unspecified atom stereocenters. The lowest BCUT2D eigenvalue weighted by Crippen LogP contribution is -2.29. The molecule has 5 heteroatoms. The van der Waals surface area contributed by atoms with Crippen LogP contribution in [0.15, 0.2) is 29.2 Å². The Balaban J connectivity index is 1.51. The molecule has 122 valence electrons. The molecule has 2 fully saturated rings. The van der Waals surface area contributed by atoms with Crippen molar-refractivity contribution in [1.29, 1.82) is 0 Å². The zero-order valence-electron chi connectivity index (χ0n) is 13.3. The lowest BCUT2D eigenvalue weighted by Gasteiger charge is -2.20. The van der Waals surface area contributed by atoms with Gasteiger partial charge in [0.25, 0.3) is 0 Å². The van der Waals surface area contributed by atoms with Gasteiger partial charge in [-0.3, -0.25) is 0 Å². The number of hydrogen-bond acceptors (Lipinski definition) is 4. The van der Waals surface area contributed by atoms with Crippen LogP contribution in [0.4, 0.5) is 5.69 Å². The van der Waals surface area contributed by atoms with Gasteiger partial charge in [-0.15, -0.1) is 0 Å². The second-order valence-electron chi connectivity index (χ2n) is 6.84. The van der Waals surface area contributed by atoms with E-state index in [-0.39, 0.29) is 0 Å². The van der Waals surface area contributed by atoms with Gasteiger partial charge in [0.1, 0.15) is 0 Å². The van der Waals surface area contributed by atoms with Gasteiger partial charge in [0.05, 0.1) is 4.90 Å². The Kier molecular flexibility index (Phi) is 4.73. The minimum absolute atomic E-state index is 0.382. The van der Waals surface area contributed by atoms with Crippen molar-refractivity contribution in [3.8, 4) is 0 Å². The molecular weight excluding hydrogens is 296 g/mol. The van der Waals surface area contributed by atoms with E-state index in [9.17, 15) is 8.42 Å². The summed E-state index contributed by atoms with van der Waals surface area (Å²) >= 11 is 0. The summed E-state index contributed by atoms with van der Waals surface area (Å²) in [6.45, 7) is 3.53. The monoisotopic (exact) mass is 322 g/mol. The largest absolute Gasteiger partial charge is 0.381 e. The third-order valence-corrected chi connectivity index (χ3v) is 6.05. The topological polar surface area (TPSA) is 49.4 Å². The molecule has 0 radical (unpaired) electrons. The smallest absolute Gasteiger partial charge is 0.175 e. The summed E-state index contributed by atoms with van der Waals surface area (Å²) in [4.78, 5) is 2.96. The molecule has 0 amide bonds. The average Bonchev–Trinajstić information content (AvgIpc) is 3.11. The van der Waals surface area contributed by atoms with Crippen molar-refractivity contribution in [2.45, 2.75) is 43.0 Å². The van der Waals surface area contributed by atoms with E-state index in [1.54, 1.807) is 12.1 Å². The van der Waals surface area contributed by atoms with Crippen LogP contribution in [0.5, 0.6) is 0 Å². The van der Waals surface area contributed by atoms with E-state index in [2.05, 4.69) is 10.2 Å². The Morgan fingerprint density at radius 1 is 1.14 bits per heavy atom. The van der Waals surface area contributed by atoms with E-state index in [1.165, 1.54) is 51.4 Å². The first-order valence-corrected chi connectivity index (χ1v) is 10.2. The lowest BCUT2D eigenvalue weighted by molar-refractivity contribution is 0.278. The van der Waals surface area contributed by atoms with Crippen molar-refractivity contribution in [2.24, 2.45) is 5.92 Å². The second kappa shape index (κ2) is 6.59. The number of benzene rings is 1. The molecule has 1 atom stereocenters. The second-order valence-corrected chi connectivity index (χ2v) is 8.85. The Morgan fingerprint density at radius 2 is 1.82 bits per heavy atom. The Hall–Kier alpha value is -1.07. The van der Waals surface area contributed by atoms with Crippen molar-refractivity contribution >= 4 is 15.5 Å². The summed E-state index contributed by atoms with van der Waals surface area (Å²) in [5.74, 6) is 0.910. The molecule has 2 aliphatic rings. The molecule has 1 heterocycles. The lowest BCUT2D eigenvalue weighted by atomic mass is 10.1. The highest BCUT2D eigenvalue weighted by Gasteiger charge is 2.25. The van der Waals surface area contributed by atoms with Gasteiger partial charge in [0.15, 0.2) is 9.84 Å². The fourth-order valence-corrected chi connectivity index (χ4v) is 4.34. The van der Waals surface area contributed by atoms with Crippen LogP contribution in [0.1, 0.15) is 32.1 Å². The summed E-state index contributed by atoms with van der Waals surface area (Å²) in [5, 5.41) is 3.54. The predicted octanol–water partition coefficient (Wildman–Crippen LogP) is 2.77. The highest BCUT2D eigenvalue weighted by Crippen LogP contribution is 2.27. The fraction of sp³-hybridized carbons (Fsp3) is 0.647. The fourth-order valence-electron chi connectivity index (χ4n) is 3.71. The summed E-state index contributed by atoms with van der Waals surface area (Å²) in [6.07, 6.45) is 8.04. The minimum atomic E-state index is -3.11. The molecule has 1 aliphatic heterocycles. The first-order chi connectivity index (χ1) is 10.5. The van der Waals surface area contributed by atoms with E-state index in [4.69, 9.17) is 0 Å². The highest BCUT2D eigenvalue weighted by atomic mass is 32.2. The van der Waals surface area contributed by atoms with E-state index >= 15 is 0 Å². The van der Waals surface area contributed by atoms with E-state index in [1.807, 2.05) is 12.1 Å². The van der Waals surface area contributed by atoms with Gasteiger partial charge in [-0.2, -0.15) is 0 Å². The molecule has 0 bridgehead atoms. The maximum absolute atomic E-state index is 11.5. The van der Waals surface area contributed by atoms with Crippen LogP contribution >= 0.6 is 0 Å². The van der Waals surface area contributed by atoms with Gasteiger partial charge in [-0.1, -0.05) is 12.8 Å². The van der Waals surface area contributed by atoms with Crippen LogP contribution in [-0.4, -0.2) is 45.2 Å². The standard InChI is InChI=1S/C17H26N2O2S/c1-22(20,21)17-8-6-15(7-9-17)18-16-10-11-19(13-16)12-14-4-2-3-5-14/h6-9,14,16,18H,2-5,10-13H2,1H3/t16-/m0/s1. The van der Waals surface area contributed by atoms with Crippen LogP contribution in [0.2, 0.25) is 0 Å². The number of hydrogen-bond donors (Lipinski definition) is 1. The summed E-state index contributed by atoms with van der Waals surface area (Å²) in [6, 6.07) is 7.59. The van der Waals surface area contributed by atoms with Crippen LogP contribution in [0.25, 0.3) is 0 Å². The van der Waals surface area contributed by atoms with Gasteiger partial charge in [-0.25, -0.2) is 8.42 Å². The molecule has 1 saturated carbocycles. The molecule has 22 heavy (non-hydrogen) atoms. The van der Waals surface area contributed by atoms with Crippen molar-refractivity contribution in [1.82, 2.24) is 4.90 Å². The quantitative estimate of drug-likeness (QED) is 0.905. The Labute approximate surface area is 133 Å².